The van der Waals surface area contributed by atoms with Gasteiger partial charge in [-0.2, -0.15) is 3.84 Å². The third-order valence-electron chi connectivity index (χ3n) is 0. The molecule has 4 heavy (non-hydrogen) atoms. The molecular formula is Cl2EuO. The van der Waals surface area contributed by atoms with Crippen molar-refractivity contribution in [3.63, 3.8) is 0 Å². The van der Waals surface area contributed by atoms with E-state index in [1.165, 1.54) is 0 Å². The van der Waals surface area contributed by atoms with E-state index >= 15 is 0 Å². The summed E-state index contributed by atoms with van der Waals surface area (Å²) in [6.07, 6.45) is 0. The molecule has 0 saturated heterocycles. The van der Waals surface area contributed by atoms with E-state index in [-0.39, 0.29) is 49.4 Å². The summed E-state index contributed by atoms with van der Waals surface area (Å²) in [6.45, 7) is 0. The van der Waals surface area contributed by atoms with Gasteiger partial charge < -0.3 is 0 Å². The van der Waals surface area contributed by atoms with Crippen LogP contribution >= 0.6 is 23.7 Å². The van der Waals surface area contributed by atoms with Crippen LogP contribution in [0.1, 0.15) is 0 Å². The second-order valence-electron chi connectivity index (χ2n) is 0.0583. The normalized spacial score (nSPS) is 4.50. The van der Waals surface area contributed by atoms with Crippen molar-refractivity contribution in [2.45, 2.75) is 0 Å². The zero-order chi connectivity index (χ0) is 2.71. The van der Waals surface area contributed by atoms with Crippen molar-refractivity contribution >= 4 is 23.7 Å². The summed E-state index contributed by atoms with van der Waals surface area (Å²) in [4.78, 5) is 0. The Balaban J connectivity index is 0. The van der Waals surface area contributed by atoms with Crippen LogP contribution in [0.15, 0.2) is 0 Å². The van der Waals surface area contributed by atoms with Crippen molar-refractivity contribution in [1.29, 1.82) is 0 Å². The van der Waals surface area contributed by atoms with Gasteiger partial charge in [-0.3, -0.25) is 0 Å². The number of halogens is 2. The summed E-state index contributed by atoms with van der Waals surface area (Å²) >= 11 is 8.53. The Morgan fingerprint density at radius 1 is 1.25 bits per heavy atom. The van der Waals surface area contributed by atoms with Gasteiger partial charge in [0.05, 0.1) is 23.7 Å². The fourth-order valence-electron chi connectivity index (χ4n) is 0. The molecule has 0 aliphatic carbocycles. The molecule has 0 bridgehead atoms. The van der Waals surface area contributed by atoms with E-state index in [9.17, 15) is 0 Å². The SMILES string of the molecule is ClOCl.[Eu]. The van der Waals surface area contributed by atoms with Crippen molar-refractivity contribution in [2.24, 2.45) is 0 Å². The van der Waals surface area contributed by atoms with E-state index in [1.807, 2.05) is 0 Å². The molecular weight excluding hydrogens is 239 g/mol. The third kappa shape index (κ3) is 8.92. The van der Waals surface area contributed by atoms with Crippen LogP contribution < -0.4 is 0 Å². The summed E-state index contributed by atoms with van der Waals surface area (Å²) in [6, 6.07) is 0. The van der Waals surface area contributed by atoms with Crippen molar-refractivity contribution in [1.82, 2.24) is 0 Å². The predicted octanol–water partition coefficient (Wildman–Crippen LogP) is 1.31. The van der Waals surface area contributed by atoms with Crippen molar-refractivity contribution in [3.8, 4) is 0 Å². The van der Waals surface area contributed by atoms with E-state index in [1.54, 1.807) is 0 Å². The molecule has 0 amide bonds. The minimum absolute atomic E-state index is 0. The second-order valence-corrected chi connectivity index (χ2v) is 0.525. The molecule has 0 rings (SSSR count). The van der Waals surface area contributed by atoms with Crippen LogP contribution in [-0.2, 0) is 3.84 Å². The topological polar surface area (TPSA) is 9.23 Å². The molecule has 0 spiro atoms. The van der Waals surface area contributed by atoms with Gasteiger partial charge in [0.2, 0.25) is 0 Å². The first kappa shape index (κ1) is 9.45. The molecule has 1 radical (unpaired) electrons. The molecule has 0 aromatic heterocycles. The molecule has 0 aliphatic rings. The summed E-state index contributed by atoms with van der Waals surface area (Å²) in [7, 11) is 0. The summed E-state index contributed by atoms with van der Waals surface area (Å²) in [5.74, 6) is 0. The monoisotopic (exact) mass is 239 g/mol. The van der Waals surface area contributed by atoms with E-state index in [0.717, 1.165) is 0 Å². The van der Waals surface area contributed by atoms with Gasteiger partial charge in [0.15, 0.2) is 0 Å². The van der Waals surface area contributed by atoms with Crippen LogP contribution in [-0.4, -0.2) is 0 Å². The molecule has 0 aromatic carbocycles. The minimum atomic E-state index is 0. The average molecular weight is 239 g/mol. The van der Waals surface area contributed by atoms with Crippen molar-refractivity contribution < 1.29 is 53.2 Å². The first-order valence-electron chi connectivity index (χ1n) is 0.309. The smallest absolute Gasteiger partial charge is 0.0832 e. The molecule has 0 saturated carbocycles. The molecule has 0 unspecified atom stereocenters. The van der Waals surface area contributed by atoms with Crippen LogP contribution in [0.2, 0.25) is 0 Å². The Morgan fingerprint density at radius 3 is 1.25 bits per heavy atom. The van der Waals surface area contributed by atoms with E-state index < -0.39 is 0 Å². The quantitative estimate of drug-likeness (QED) is 0.619. The van der Waals surface area contributed by atoms with E-state index in [0.29, 0.717) is 0 Å². The molecule has 1 nitrogen and oxygen atoms in total. The Bertz CT molecular complexity index is 6.00. The zero-order valence-corrected chi connectivity index (χ0v) is 5.48. The van der Waals surface area contributed by atoms with E-state index in [2.05, 4.69) is 27.6 Å². The number of hydrogen-bond acceptors (Lipinski definition) is 1. The molecule has 0 atom stereocenters. The molecule has 4 heteroatoms. The zero-order valence-electron chi connectivity index (χ0n) is 1.54. The van der Waals surface area contributed by atoms with Crippen LogP contribution in [0.4, 0.5) is 0 Å². The van der Waals surface area contributed by atoms with Gasteiger partial charge in [0.25, 0.3) is 0 Å². The maximum atomic E-state index is 4.26. The maximum absolute atomic E-state index is 4.26. The summed E-state index contributed by atoms with van der Waals surface area (Å²) < 4.78 is 3.19. The summed E-state index contributed by atoms with van der Waals surface area (Å²) in [5.41, 5.74) is 0. The first-order chi connectivity index (χ1) is 1.41. The first-order valence-corrected chi connectivity index (χ1v) is 0.926. The fraction of sp³-hybridized carbons (Fsp3) is 0. The van der Waals surface area contributed by atoms with Crippen molar-refractivity contribution in [2.75, 3.05) is 0 Å². The second kappa shape index (κ2) is 8.93. The van der Waals surface area contributed by atoms with Gasteiger partial charge in [-0.05, 0) is 0 Å². The molecule has 0 aliphatic heterocycles. The standard InChI is InChI=1S/Cl2O.Eu/c1-3-2;. The van der Waals surface area contributed by atoms with Crippen LogP contribution in [0.3, 0.4) is 0 Å². The molecule has 27 valence electrons. The van der Waals surface area contributed by atoms with Gasteiger partial charge in [-0.15, -0.1) is 0 Å². The van der Waals surface area contributed by atoms with Crippen LogP contribution in [0, 0.1) is 49.4 Å². The van der Waals surface area contributed by atoms with Crippen LogP contribution in [0.25, 0.3) is 0 Å². The minimum Gasteiger partial charge on any atom is -0.166 e. The van der Waals surface area contributed by atoms with E-state index in [4.69, 9.17) is 0 Å². The Hall–Kier alpha value is 2.12. The largest absolute Gasteiger partial charge is 0.166 e. The molecule has 0 heterocycles. The predicted molar refractivity (Wildman–Crippen MR) is 12.8 cm³/mol. The van der Waals surface area contributed by atoms with Crippen molar-refractivity contribution in [3.05, 3.63) is 0 Å². The van der Waals surface area contributed by atoms with Gasteiger partial charge in [0.1, 0.15) is 0 Å². The third-order valence-corrected chi connectivity index (χ3v) is 0. The average Bonchev–Trinajstić information content (AvgIpc) is 0.918. The van der Waals surface area contributed by atoms with Gasteiger partial charge in [0, 0.05) is 49.4 Å². The number of hydrogen-bond donors (Lipinski definition) is 0. The molecule has 0 fully saturated rings. The van der Waals surface area contributed by atoms with Gasteiger partial charge >= 0.3 is 0 Å². The Morgan fingerprint density at radius 2 is 1.25 bits per heavy atom. The fourth-order valence-corrected chi connectivity index (χ4v) is 0. The molecule has 0 N–H and O–H groups in total. The molecule has 0 aromatic rings. The maximum Gasteiger partial charge on any atom is 0.0832 e. The Labute approximate surface area is 75.5 Å². The van der Waals surface area contributed by atoms with Gasteiger partial charge in [-0.1, -0.05) is 0 Å². The number of rotatable bonds is 0. The van der Waals surface area contributed by atoms with Gasteiger partial charge in [-0.25, -0.2) is 0 Å². The van der Waals surface area contributed by atoms with Crippen LogP contribution in [0.5, 0.6) is 0 Å². The Kier molecular flexibility index (Phi) is 21.1. The summed E-state index contributed by atoms with van der Waals surface area (Å²) in [5, 5.41) is 0.